The fourth-order valence-corrected chi connectivity index (χ4v) is 3.93. The summed E-state index contributed by atoms with van der Waals surface area (Å²) < 4.78 is 0. The van der Waals surface area contributed by atoms with E-state index in [9.17, 15) is 14.9 Å². The molecule has 1 aliphatic rings. The van der Waals surface area contributed by atoms with Gasteiger partial charge in [0.25, 0.3) is 5.69 Å². The highest BCUT2D eigenvalue weighted by Gasteiger charge is 2.27. The summed E-state index contributed by atoms with van der Waals surface area (Å²) in [5, 5.41) is 14.0. The molecule has 0 bridgehead atoms. The minimum absolute atomic E-state index is 0.0441. The number of benzene rings is 1. The number of urea groups is 1. The molecule has 1 aromatic heterocycles. The van der Waals surface area contributed by atoms with Gasteiger partial charge in [-0.2, -0.15) is 0 Å². The van der Waals surface area contributed by atoms with E-state index in [1.165, 1.54) is 12.1 Å². The van der Waals surface area contributed by atoms with Crippen LogP contribution in [0.25, 0.3) is 0 Å². The van der Waals surface area contributed by atoms with Gasteiger partial charge in [-0.05, 0) is 39.7 Å². The SMILES string of the molecule is CC[C@@H](C)c1nc(C)c(Cc2ccc([N+](=O)[O-])cc2)c(N2CCN(C(=O)NC(C)(C)C)CC2)n1. The standard InChI is InChI=1S/C25H36N6O3/c1-7-17(2)22-26-18(3)21(16-19-8-10-20(11-9-19)31(33)34)23(27-22)29-12-14-30(15-13-29)24(32)28-25(4,5)6/h8-11,17H,7,12-16H2,1-6H3,(H,28,32)/t17-/m1/s1. The van der Waals surface area contributed by atoms with Crippen LogP contribution in [0.3, 0.4) is 0 Å². The normalized spacial score (nSPS) is 15.2. The molecule has 1 aliphatic heterocycles. The number of aryl methyl sites for hydroxylation is 1. The Kier molecular flexibility index (Phi) is 7.74. The number of anilines is 1. The first-order chi connectivity index (χ1) is 16.0. The van der Waals surface area contributed by atoms with Crippen LogP contribution in [-0.4, -0.2) is 57.5 Å². The second-order valence-corrected chi connectivity index (χ2v) is 10.0. The Morgan fingerprint density at radius 3 is 2.29 bits per heavy atom. The van der Waals surface area contributed by atoms with Crippen LogP contribution in [0, 0.1) is 17.0 Å². The third-order valence-electron chi connectivity index (χ3n) is 6.14. The number of non-ortho nitro benzene ring substituents is 1. The zero-order valence-electron chi connectivity index (χ0n) is 21.1. The number of nitro benzene ring substituents is 1. The molecule has 34 heavy (non-hydrogen) atoms. The fourth-order valence-electron chi connectivity index (χ4n) is 3.93. The topological polar surface area (TPSA) is 105 Å². The zero-order chi connectivity index (χ0) is 25.0. The van der Waals surface area contributed by atoms with Crippen molar-refractivity contribution in [2.45, 2.75) is 65.8 Å². The maximum absolute atomic E-state index is 12.6. The van der Waals surface area contributed by atoms with Gasteiger partial charge in [0.15, 0.2) is 0 Å². The predicted molar refractivity (Wildman–Crippen MR) is 133 cm³/mol. The monoisotopic (exact) mass is 468 g/mol. The van der Waals surface area contributed by atoms with Gasteiger partial charge in [-0.3, -0.25) is 10.1 Å². The Labute approximate surface area is 201 Å². The average molecular weight is 469 g/mol. The Balaban J connectivity index is 1.86. The van der Waals surface area contributed by atoms with Gasteiger partial charge >= 0.3 is 6.03 Å². The molecule has 2 aromatic rings. The maximum atomic E-state index is 12.6. The molecule has 2 heterocycles. The number of nitro groups is 1. The molecule has 1 N–H and O–H groups in total. The molecule has 0 spiro atoms. The van der Waals surface area contributed by atoms with Crippen LogP contribution in [0.15, 0.2) is 24.3 Å². The van der Waals surface area contributed by atoms with Gasteiger partial charge in [-0.15, -0.1) is 0 Å². The Morgan fingerprint density at radius 1 is 1.15 bits per heavy atom. The molecule has 0 unspecified atom stereocenters. The molecule has 1 aromatic carbocycles. The number of hydrogen-bond acceptors (Lipinski definition) is 6. The summed E-state index contributed by atoms with van der Waals surface area (Å²) in [6.45, 7) is 14.8. The molecule has 9 nitrogen and oxygen atoms in total. The van der Waals surface area contributed by atoms with Crippen molar-refractivity contribution in [3.63, 3.8) is 0 Å². The van der Waals surface area contributed by atoms with E-state index in [4.69, 9.17) is 9.97 Å². The lowest BCUT2D eigenvalue weighted by Gasteiger charge is -2.38. The number of amides is 2. The third-order valence-corrected chi connectivity index (χ3v) is 6.14. The van der Waals surface area contributed by atoms with Crippen molar-refractivity contribution in [1.82, 2.24) is 20.2 Å². The zero-order valence-corrected chi connectivity index (χ0v) is 21.1. The van der Waals surface area contributed by atoms with Gasteiger partial charge in [0.05, 0.1) is 4.92 Å². The summed E-state index contributed by atoms with van der Waals surface area (Å²) in [6, 6.07) is 6.60. The second kappa shape index (κ2) is 10.4. The highest BCUT2D eigenvalue weighted by molar-refractivity contribution is 5.75. The molecule has 0 radical (unpaired) electrons. The summed E-state index contributed by atoms with van der Waals surface area (Å²) in [6.07, 6.45) is 1.53. The van der Waals surface area contributed by atoms with Gasteiger partial charge in [-0.25, -0.2) is 14.8 Å². The summed E-state index contributed by atoms with van der Waals surface area (Å²) in [7, 11) is 0. The molecule has 184 valence electrons. The highest BCUT2D eigenvalue weighted by atomic mass is 16.6. The lowest BCUT2D eigenvalue weighted by molar-refractivity contribution is -0.384. The number of carbonyl (C=O) groups excluding carboxylic acids is 1. The van der Waals surface area contributed by atoms with Gasteiger partial charge < -0.3 is 15.1 Å². The highest BCUT2D eigenvalue weighted by Crippen LogP contribution is 2.28. The first-order valence-electron chi connectivity index (χ1n) is 11.9. The first-order valence-corrected chi connectivity index (χ1v) is 11.9. The Bertz CT molecular complexity index is 1020. The van der Waals surface area contributed by atoms with Crippen molar-refractivity contribution < 1.29 is 9.72 Å². The van der Waals surface area contributed by atoms with Gasteiger partial charge in [0.2, 0.25) is 0 Å². The quantitative estimate of drug-likeness (QED) is 0.497. The summed E-state index contributed by atoms with van der Waals surface area (Å²) in [4.78, 5) is 37.1. The molecule has 1 fully saturated rings. The van der Waals surface area contributed by atoms with E-state index in [0.29, 0.717) is 32.6 Å². The number of rotatable bonds is 6. The van der Waals surface area contributed by atoms with Gasteiger partial charge in [0, 0.05) is 67.4 Å². The third kappa shape index (κ3) is 6.21. The molecule has 1 saturated heterocycles. The van der Waals surface area contributed by atoms with Crippen LogP contribution in [0.5, 0.6) is 0 Å². The van der Waals surface area contributed by atoms with Crippen molar-refractivity contribution in [3.05, 3.63) is 57.0 Å². The fraction of sp³-hybridized carbons (Fsp3) is 0.560. The lowest BCUT2D eigenvalue weighted by atomic mass is 10.0. The smallest absolute Gasteiger partial charge is 0.317 e. The Morgan fingerprint density at radius 2 is 1.76 bits per heavy atom. The van der Waals surface area contributed by atoms with Crippen LogP contribution < -0.4 is 10.2 Å². The first kappa shape index (κ1) is 25.4. The summed E-state index contributed by atoms with van der Waals surface area (Å²) in [5.74, 6) is 1.97. The lowest BCUT2D eigenvalue weighted by Crippen LogP contribution is -2.55. The second-order valence-electron chi connectivity index (χ2n) is 10.0. The molecular weight excluding hydrogens is 432 g/mol. The van der Waals surface area contributed by atoms with E-state index in [1.807, 2.05) is 32.6 Å². The summed E-state index contributed by atoms with van der Waals surface area (Å²) in [5.41, 5.74) is 2.72. The number of piperazine rings is 1. The van der Waals surface area contributed by atoms with Crippen molar-refractivity contribution in [3.8, 4) is 0 Å². The predicted octanol–water partition coefficient (Wildman–Crippen LogP) is 4.43. The van der Waals surface area contributed by atoms with E-state index in [-0.39, 0.29) is 28.1 Å². The molecule has 1 atom stereocenters. The number of nitrogens with one attached hydrogen (secondary N) is 1. The molecule has 9 heteroatoms. The van der Waals surface area contributed by atoms with E-state index in [0.717, 1.165) is 34.9 Å². The minimum Gasteiger partial charge on any atom is -0.353 e. The van der Waals surface area contributed by atoms with Crippen molar-refractivity contribution in [1.29, 1.82) is 0 Å². The average Bonchev–Trinajstić information content (AvgIpc) is 2.79. The molecule has 0 saturated carbocycles. The molecule has 0 aliphatic carbocycles. The number of carbonyl (C=O) groups is 1. The van der Waals surface area contributed by atoms with E-state index in [1.54, 1.807) is 12.1 Å². The van der Waals surface area contributed by atoms with Crippen molar-refractivity contribution in [2.75, 3.05) is 31.1 Å². The number of aromatic nitrogens is 2. The number of nitrogens with zero attached hydrogens (tertiary/aromatic N) is 5. The molecule has 3 rings (SSSR count). The van der Waals surface area contributed by atoms with Crippen LogP contribution in [0.1, 0.15) is 69.6 Å². The van der Waals surface area contributed by atoms with E-state index < -0.39 is 0 Å². The van der Waals surface area contributed by atoms with Gasteiger partial charge in [0.1, 0.15) is 11.6 Å². The summed E-state index contributed by atoms with van der Waals surface area (Å²) >= 11 is 0. The van der Waals surface area contributed by atoms with Crippen LogP contribution in [0.2, 0.25) is 0 Å². The van der Waals surface area contributed by atoms with Gasteiger partial charge in [-0.1, -0.05) is 26.0 Å². The van der Waals surface area contributed by atoms with Crippen LogP contribution in [-0.2, 0) is 6.42 Å². The molecular formula is C25H36N6O3. The van der Waals surface area contributed by atoms with E-state index >= 15 is 0 Å². The molecule has 2 amide bonds. The Hall–Kier alpha value is -3.23. The van der Waals surface area contributed by atoms with Crippen LogP contribution in [0.4, 0.5) is 16.3 Å². The van der Waals surface area contributed by atoms with Crippen LogP contribution >= 0.6 is 0 Å². The maximum Gasteiger partial charge on any atom is 0.317 e. The van der Waals surface area contributed by atoms with Crippen molar-refractivity contribution >= 4 is 17.5 Å². The number of hydrogen-bond donors (Lipinski definition) is 1. The largest absolute Gasteiger partial charge is 0.353 e. The van der Waals surface area contributed by atoms with Crippen molar-refractivity contribution in [2.24, 2.45) is 0 Å². The minimum atomic E-state index is -0.389. The van der Waals surface area contributed by atoms with E-state index in [2.05, 4.69) is 24.1 Å².